The standard InChI is InChI=1S/C15H22BrFOSi/c1-15(2,3)19(4,5)18-13-7-6-10-8-11(16)9-12(17)14(10)13/h8-9,13H,6-7H2,1-5H3. The van der Waals surface area contributed by atoms with Crippen molar-refractivity contribution in [3.63, 3.8) is 0 Å². The van der Waals surface area contributed by atoms with E-state index in [0.717, 1.165) is 28.4 Å². The van der Waals surface area contributed by atoms with Crippen LogP contribution in [0.5, 0.6) is 0 Å². The molecule has 2 rings (SSSR count). The number of rotatable bonds is 2. The van der Waals surface area contributed by atoms with E-state index in [-0.39, 0.29) is 17.0 Å². The number of aryl methyl sites for hydroxylation is 1. The van der Waals surface area contributed by atoms with Crippen LogP contribution in [0.4, 0.5) is 4.39 Å². The van der Waals surface area contributed by atoms with Gasteiger partial charge in [-0.05, 0) is 48.7 Å². The van der Waals surface area contributed by atoms with Crippen LogP contribution in [0.25, 0.3) is 0 Å². The van der Waals surface area contributed by atoms with Gasteiger partial charge in [-0.1, -0.05) is 36.7 Å². The average Bonchev–Trinajstić information content (AvgIpc) is 2.58. The summed E-state index contributed by atoms with van der Waals surface area (Å²) in [6.45, 7) is 11.1. The second-order valence-corrected chi connectivity index (χ2v) is 12.5. The normalized spacial score (nSPS) is 19.6. The second kappa shape index (κ2) is 4.97. The number of fused-ring (bicyclic) bond motifs is 1. The molecule has 1 aliphatic carbocycles. The van der Waals surface area contributed by atoms with E-state index in [0.29, 0.717) is 0 Å². The summed E-state index contributed by atoms with van der Waals surface area (Å²) in [4.78, 5) is 0. The fraction of sp³-hybridized carbons (Fsp3) is 0.600. The lowest BCUT2D eigenvalue weighted by Gasteiger charge is -2.38. The first-order valence-corrected chi connectivity index (χ1v) is 10.5. The summed E-state index contributed by atoms with van der Waals surface area (Å²) < 4.78 is 21.4. The SMILES string of the molecule is CC(C)(C)[Si](C)(C)OC1CCc2cc(Br)cc(F)c21. The van der Waals surface area contributed by atoms with Gasteiger partial charge in [-0.3, -0.25) is 0 Å². The van der Waals surface area contributed by atoms with Gasteiger partial charge in [0.15, 0.2) is 8.32 Å². The van der Waals surface area contributed by atoms with E-state index in [1.807, 2.05) is 6.07 Å². The molecule has 0 bridgehead atoms. The maximum Gasteiger partial charge on any atom is 0.192 e. The zero-order valence-corrected chi connectivity index (χ0v) is 14.9. The molecular formula is C15H22BrFOSi. The molecule has 4 heteroatoms. The molecule has 0 N–H and O–H groups in total. The molecule has 0 aliphatic heterocycles. The predicted molar refractivity (Wildman–Crippen MR) is 83.4 cm³/mol. The fourth-order valence-corrected chi connectivity index (χ4v) is 4.06. The molecule has 1 atom stereocenters. The van der Waals surface area contributed by atoms with Crippen LogP contribution in [-0.2, 0) is 10.8 Å². The third kappa shape index (κ3) is 2.95. The van der Waals surface area contributed by atoms with Crippen molar-refractivity contribution in [2.45, 2.75) is 57.8 Å². The largest absolute Gasteiger partial charge is 0.410 e. The predicted octanol–water partition coefficient (Wildman–Crippen LogP) is 5.60. The van der Waals surface area contributed by atoms with Gasteiger partial charge < -0.3 is 4.43 Å². The number of hydrogen-bond donors (Lipinski definition) is 0. The highest BCUT2D eigenvalue weighted by Gasteiger charge is 2.41. The lowest BCUT2D eigenvalue weighted by molar-refractivity contribution is 0.181. The molecule has 0 aromatic heterocycles. The van der Waals surface area contributed by atoms with Gasteiger partial charge in [0.05, 0.1) is 6.10 Å². The van der Waals surface area contributed by atoms with Gasteiger partial charge in [-0.2, -0.15) is 0 Å². The van der Waals surface area contributed by atoms with Gasteiger partial charge in [-0.15, -0.1) is 0 Å². The molecular weight excluding hydrogens is 323 g/mol. The summed E-state index contributed by atoms with van der Waals surface area (Å²) >= 11 is 3.36. The summed E-state index contributed by atoms with van der Waals surface area (Å²) in [5.41, 5.74) is 1.88. The van der Waals surface area contributed by atoms with Crippen LogP contribution >= 0.6 is 15.9 Å². The molecule has 1 aromatic rings. The third-order valence-corrected chi connectivity index (χ3v) is 9.36. The van der Waals surface area contributed by atoms with Crippen molar-refractivity contribution in [3.8, 4) is 0 Å². The second-order valence-electron chi connectivity index (χ2n) is 6.87. The van der Waals surface area contributed by atoms with Gasteiger partial charge >= 0.3 is 0 Å². The highest BCUT2D eigenvalue weighted by Crippen LogP contribution is 2.44. The van der Waals surface area contributed by atoms with E-state index < -0.39 is 8.32 Å². The Balaban J connectivity index is 2.29. The van der Waals surface area contributed by atoms with E-state index in [1.165, 1.54) is 0 Å². The first kappa shape index (κ1) is 15.2. The Morgan fingerprint density at radius 2 is 1.95 bits per heavy atom. The first-order valence-electron chi connectivity index (χ1n) is 6.77. The molecule has 0 fully saturated rings. The Bertz CT molecular complexity index is 494. The van der Waals surface area contributed by atoms with Crippen molar-refractivity contribution in [2.75, 3.05) is 0 Å². The summed E-state index contributed by atoms with van der Waals surface area (Å²) in [7, 11) is -1.85. The Hall–Kier alpha value is -0.193. The van der Waals surface area contributed by atoms with Crippen molar-refractivity contribution >= 4 is 24.2 Å². The summed E-state index contributed by atoms with van der Waals surface area (Å²) in [5.74, 6) is -0.134. The van der Waals surface area contributed by atoms with Crippen molar-refractivity contribution < 1.29 is 8.82 Å². The third-order valence-electron chi connectivity index (χ3n) is 4.42. The highest BCUT2D eigenvalue weighted by molar-refractivity contribution is 9.10. The quantitative estimate of drug-likeness (QED) is 0.634. The maximum absolute atomic E-state index is 14.2. The van der Waals surface area contributed by atoms with Crippen LogP contribution in [0.1, 0.15) is 44.4 Å². The molecule has 106 valence electrons. The van der Waals surface area contributed by atoms with E-state index in [9.17, 15) is 4.39 Å². The zero-order chi connectivity index (χ0) is 14.4. The molecule has 0 saturated carbocycles. The number of hydrogen-bond acceptors (Lipinski definition) is 1. The minimum Gasteiger partial charge on any atom is -0.410 e. The average molecular weight is 345 g/mol. The van der Waals surface area contributed by atoms with Crippen LogP contribution in [-0.4, -0.2) is 8.32 Å². The lowest BCUT2D eigenvalue weighted by atomic mass is 10.1. The minimum absolute atomic E-state index is 0.0657. The van der Waals surface area contributed by atoms with Gasteiger partial charge in [0.25, 0.3) is 0 Å². The molecule has 0 heterocycles. The van der Waals surface area contributed by atoms with E-state index in [2.05, 4.69) is 49.8 Å². The van der Waals surface area contributed by atoms with Crippen molar-refractivity contribution in [2.24, 2.45) is 0 Å². The van der Waals surface area contributed by atoms with Crippen molar-refractivity contribution in [1.29, 1.82) is 0 Å². The van der Waals surface area contributed by atoms with Crippen LogP contribution in [0, 0.1) is 5.82 Å². The van der Waals surface area contributed by atoms with E-state index >= 15 is 0 Å². The van der Waals surface area contributed by atoms with Crippen LogP contribution in [0.2, 0.25) is 18.1 Å². The maximum atomic E-state index is 14.2. The molecule has 1 unspecified atom stereocenters. The fourth-order valence-electron chi connectivity index (χ4n) is 2.29. The van der Waals surface area contributed by atoms with Crippen LogP contribution < -0.4 is 0 Å². The topological polar surface area (TPSA) is 9.23 Å². The molecule has 0 radical (unpaired) electrons. The van der Waals surface area contributed by atoms with Gasteiger partial charge in [0.2, 0.25) is 0 Å². The molecule has 1 nitrogen and oxygen atoms in total. The number of halogens is 2. The molecule has 0 saturated heterocycles. The van der Waals surface area contributed by atoms with Gasteiger partial charge in [-0.25, -0.2) is 4.39 Å². The van der Waals surface area contributed by atoms with Gasteiger partial charge in [0, 0.05) is 10.0 Å². The van der Waals surface area contributed by atoms with Crippen LogP contribution in [0.3, 0.4) is 0 Å². The summed E-state index contributed by atoms with van der Waals surface area (Å²) in [6, 6.07) is 3.57. The molecule has 0 spiro atoms. The molecule has 1 aliphatic rings. The van der Waals surface area contributed by atoms with Crippen LogP contribution in [0.15, 0.2) is 16.6 Å². The Labute approximate surface area is 124 Å². The Kier molecular flexibility index (Phi) is 3.98. The lowest BCUT2D eigenvalue weighted by Crippen LogP contribution is -2.41. The zero-order valence-electron chi connectivity index (χ0n) is 12.3. The Morgan fingerprint density at radius 3 is 2.53 bits per heavy atom. The van der Waals surface area contributed by atoms with Crippen molar-refractivity contribution in [1.82, 2.24) is 0 Å². The Morgan fingerprint density at radius 1 is 1.32 bits per heavy atom. The minimum atomic E-state index is -1.85. The molecule has 0 amide bonds. The summed E-state index contributed by atoms with van der Waals surface area (Å²) in [6.07, 6.45) is 1.74. The first-order chi connectivity index (χ1) is 8.62. The van der Waals surface area contributed by atoms with Gasteiger partial charge in [0.1, 0.15) is 5.82 Å². The molecule has 19 heavy (non-hydrogen) atoms. The van der Waals surface area contributed by atoms with E-state index in [1.54, 1.807) is 6.07 Å². The monoisotopic (exact) mass is 344 g/mol. The molecule has 1 aromatic carbocycles. The highest BCUT2D eigenvalue weighted by atomic mass is 79.9. The van der Waals surface area contributed by atoms with Crippen molar-refractivity contribution in [3.05, 3.63) is 33.5 Å². The smallest absolute Gasteiger partial charge is 0.192 e. The summed E-state index contributed by atoms with van der Waals surface area (Å²) in [5, 5.41) is 0.154. The van der Waals surface area contributed by atoms with E-state index in [4.69, 9.17) is 4.43 Å². The number of benzene rings is 1.